The number of pyridine rings is 2. The third-order valence-electron chi connectivity index (χ3n) is 2.77. The maximum atomic E-state index is 6.02. The molecule has 0 aromatic carbocycles. The van der Waals surface area contributed by atoms with Crippen LogP contribution in [0, 0.1) is 0 Å². The summed E-state index contributed by atoms with van der Waals surface area (Å²) in [5, 5.41) is 0. The van der Waals surface area contributed by atoms with Gasteiger partial charge < -0.3 is 5.73 Å². The van der Waals surface area contributed by atoms with Crippen LogP contribution in [0.5, 0.6) is 0 Å². The van der Waals surface area contributed by atoms with E-state index in [-0.39, 0.29) is 0 Å². The van der Waals surface area contributed by atoms with Crippen LogP contribution in [0.2, 0.25) is 0 Å². The molecule has 5 nitrogen and oxygen atoms in total. The number of aromatic nitrogens is 4. The third-order valence-corrected chi connectivity index (χ3v) is 2.77. The van der Waals surface area contributed by atoms with Gasteiger partial charge in [-0.3, -0.25) is 4.98 Å². The van der Waals surface area contributed by atoms with E-state index in [1.807, 2.05) is 24.3 Å². The second-order valence-electron chi connectivity index (χ2n) is 3.99. The van der Waals surface area contributed by atoms with Crippen molar-refractivity contribution in [2.24, 2.45) is 0 Å². The molecule has 0 unspecified atom stereocenters. The predicted octanol–water partition coefficient (Wildman–Crippen LogP) is 2.18. The minimum atomic E-state index is 0.479. The maximum Gasteiger partial charge on any atom is 0.131 e. The Hall–Kier alpha value is -2.82. The van der Waals surface area contributed by atoms with E-state index in [1.54, 1.807) is 24.8 Å². The molecule has 0 aliphatic rings. The van der Waals surface area contributed by atoms with E-state index in [4.69, 9.17) is 5.73 Å². The molecule has 0 saturated heterocycles. The summed E-state index contributed by atoms with van der Waals surface area (Å²) in [5.41, 5.74) is 9.51. The van der Waals surface area contributed by atoms with Crippen molar-refractivity contribution in [1.82, 2.24) is 19.9 Å². The molecule has 0 saturated carbocycles. The van der Waals surface area contributed by atoms with E-state index in [0.29, 0.717) is 5.82 Å². The summed E-state index contributed by atoms with van der Waals surface area (Å²) in [4.78, 5) is 16.3. The number of rotatable bonds is 2. The van der Waals surface area contributed by atoms with Crippen molar-refractivity contribution in [3.63, 3.8) is 0 Å². The molecule has 0 aliphatic heterocycles. The Balaban J connectivity index is 2.04. The topological polar surface area (TPSA) is 77.6 Å². The molecule has 92 valence electrons. The van der Waals surface area contributed by atoms with Crippen LogP contribution in [0.15, 0.2) is 55.4 Å². The van der Waals surface area contributed by atoms with Crippen LogP contribution in [-0.4, -0.2) is 19.9 Å². The summed E-state index contributed by atoms with van der Waals surface area (Å²) in [5.74, 6) is 0.479. The van der Waals surface area contributed by atoms with Gasteiger partial charge >= 0.3 is 0 Å². The molecule has 0 radical (unpaired) electrons. The Kier molecular flexibility index (Phi) is 2.86. The van der Waals surface area contributed by atoms with Crippen molar-refractivity contribution in [2.75, 3.05) is 5.73 Å². The van der Waals surface area contributed by atoms with Crippen molar-refractivity contribution in [1.29, 1.82) is 0 Å². The summed E-state index contributed by atoms with van der Waals surface area (Å²) < 4.78 is 0. The molecule has 19 heavy (non-hydrogen) atoms. The van der Waals surface area contributed by atoms with Gasteiger partial charge in [0.15, 0.2) is 0 Å². The lowest BCUT2D eigenvalue weighted by atomic mass is 10.1. The first-order valence-electron chi connectivity index (χ1n) is 5.77. The minimum Gasteiger partial charge on any atom is -0.383 e. The molecular weight excluding hydrogens is 238 g/mol. The molecule has 3 aromatic heterocycles. The number of nitrogens with zero attached hydrogens (tertiary/aromatic N) is 4. The van der Waals surface area contributed by atoms with Crippen molar-refractivity contribution in [3.8, 4) is 22.4 Å². The first kappa shape index (κ1) is 11.3. The van der Waals surface area contributed by atoms with E-state index in [1.165, 1.54) is 6.33 Å². The number of nitrogens with two attached hydrogens (primary N) is 1. The van der Waals surface area contributed by atoms with E-state index < -0.39 is 0 Å². The fourth-order valence-electron chi connectivity index (χ4n) is 1.84. The number of anilines is 1. The largest absolute Gasteiger partial charge is 0.383 e. The van der Waals surface area contributed by atoms with Crippen LogP contribution in [0.3, 0.4) is 0 Å². The Morgan fingerprint density at radius 2 is 1.53 bits per heavy atom. The van der Waals surface area contributed by atoms with E-state index in [0.717, 1.165) is 22.4 Å². The van der Waals surface area contributed by atoms with Gasteiger partial charge in [0.05, 0.1) is 5.69 Å². The van der Waals surface area contributed by atoms with E-state index in [2.05, 4.69) is 19.9 Å². The quantitative estimate of drug-likeness (QED) is 0.753. The summed E-state index contributed by atoms with van der Waals surface area (Å²) in [6, 6.07) is 7.65. The molecule has 3 rings (SSSR count). The maximum absolute atomic E-state index is 6.02. The number of nitrogen functional groups attached to an aromatic ring is 1. The molecule has 2 N–H and O–H groups in total. The number of hydrogen-bond acceptors (Lipinski definition) is 5. The highest BCUT2D eigenvalue weighted by molar-refractivity contribution is 5.76. The average Bonchev–Trinajstić information content (AvgIpc) is 2.49. The van der Waals surface area contributed by atoms with Gasteiger partial charge in [-0.15, -0.1) is 0 Å². The average molecular weight is 249 g/mol. The smallest absolute Gasteiger partial charge is 0.131 e. The first-order valence-corrected chi connectivity index (χ1v) is 5.77. The van der Waals surface area contributed by atoms with Crippen molar-refractivity contribution in [3.05, 3.63) is 55.4 Å². The zero-order valence-electron chi connectivity index (χ0n) is 10.1. The van der Waals surface area contributed by atoms with Gasteiger partial charge in [0.1, 0.15) is 12.1 Å². The highest BCUT2D eigenvalue weighted by Gasteiger charge is 2.06. The lowest BCUT2D eigenvalue weighted by molar-refractivity contribution is 1.16. The molecule has 3 aromatic rings. The first-order chi connectivity index (χ1) is 9.34. The lowest BCUT2D eigenvalue weighted by Crippen LogP contribution is -1.96. The second kappa shape index (κ2) is 4.81. The van der Waals surface area contributed by atoms with Crippen LogP contribution in [-0.2, 0) is 0 Å². The molecule has 0 fully saturated rings. The minimum absolute atomic E-state index is 0.479. The van der Waals surface area contributed by atoms with Crippen molar-refractivity contribution < 1.29 is 0 Å². The van der Waals surface area contributed by atoms with Crippen LogP contribution in [0.1, 0.15) is 0 Å². The van der Waals surface area contributed by atoms with Crippen LogP contribution in [0.4, 0.5) is 5.82 Å². The van der Waals surface area contributed by atoms with E-state index in [9.17, 15) is 0 Å². The third kappa shape index (κ3) is 2.26. The standard InChI is InChI=1S/C14H11N5/c15-14-12(10-3-5-16-6-4-10)1-2-13(19-14)11-7-17-9-18-8-11/h1-9H,(H2,15,19). The van der Waals surface area contributed by atoms with Crippen LogP contribution >= 0.6 is 0 Å². The Morgan fingerprint density at radius 1 is 0.789 bits per heavy atom. The monoisotopic (exact) mass is 249 g/mol. The Labute approximate surface area is 110 Å². The van der Waals surface area contributed by atoms with Crippen molar-refractivity contribution in [2.45, 2.75) is 0 Å². The normalized spacial score (nSPS) is 10.3. The highest BCUT2D eigenvalue weighted by Crippen LogP contribution is 2.26. The van der Waals surface area contributed by atoms with Crippen molar-refractivity contribution >= 4 is 5.82 Å². The molecular formula is C14H11N5. The van der Waals surface area contributed by atoms with Gasteiger partial charge in [0.25, 0.3) is 0 Å². The SMILES string of the molecule is Nc1nc(-c2cncnc2)ccc1-c1ccncc1. The molecule has 0 amide bonds. The Morgan fingerprint density at radius 3 is 2.21 bits per heavy atom. The molecule has 0 aliphatic carbocycles. The second-order valence-corrected chi connectivity index (χ2v) is 3.99. The summed E-state index contributed by atoms with van der Waals surface area (Å²) in [6.45, 7) is 0. The highest BCUT2D eigenvalue weighted by atomic mass is 14.9. The van der Waals surface area contributed by atoms with Crippen LogP contribution in [0.25, 0.3) is 22.4 Å². The number of hydrogen-bond donors (Lipinski definition) is 1. The predicted molar refractivity (Wildman–Crippen MR) is 72.9 cm³/mol. The summed E-state index contributed by atoms with van der Waals surface area (Å²) >= 11 is 0. The fourth-order valence-corrected chi connectivity index (χ4v) is 1.84. The summed E-state index contributed by atoms with van der Waals surface area (Å²) in [6.07, 6.45) is 8.36. The van der Waals surface area contributed by atoms with Gasteiger partial charge in [-0.25, -0.2) is 15.0 Å². The summed E-state index contributed by atoms with van der Waals surface area (Å²) in [7, 11) is 0. The molecule has 0 bridgehead atoms. The molecule has 3 heterocycles. The fraction of sp³-hybridized carbons (Fsp3) is 0. The zero-order chi connectivity index (χ0) is 13.1. The van der Waals surface area contributed by atoms with Gasteiger partial charge in [-0.2, -0.15) is 0 Å². The Bertz CT molecular complexity index is 683. The van der Waals surface area contributed by atoms with Crippen LogP contribution < -0.4 is 5.73 Å². The lowest BCUT2D eigenvalue weighted by Gasteiger charge is -2.07. The van der Waals surface area contributed by atoms with Gasteiger partial charge in [-0.1, -0.05) is 0 Å². The van der Waals surface area contributed by atoms with Gasteiger partial charge in [0, 0.05) is 35.9 Å². The van der Waals surface area contributed by atoms with Gasteiger partial charge in [-0.05, 0) is 29.8 Å². The molecule has 5 heteroatoms. The van der Waals surface area contributed by atoms with E-state index >= 15 is 0 Å². The molecule has 0 spiro atoms. The zero-order valence-corrected chi connectivity index (χ0v) is 10.1. The van der Waals surface area contributed by atoms with Gasteiger partial charge in [0.2, 0.25) is 0 Å². The molecule has 0 atom stereocenters.